The zero-order valence-electron chi connectivity index (χ0n) is 38.1. The first-order valence-corrected chi connectivity index (χ1v) is 24.5. The molecular weight excluding hydrogens is 765 g/mol. The molecule has 0 aromatic carbocycles. The topological polar surface area (TPSA) is 129 Å². The van der Waals surface area contributed by atoms with Crippen LogP contribution in [-0.2, 0) is 32.7 Å². The predicted molar refractivity (Wildman–Crippen MR) is 244 cm³/mol. The first kappa shape index (κ1) is 56.7. The van der Waals surface area contributed by atoms with E-state index in [0.717, 1.165) is 70.6 Å². The van der Waals surface area contributed by atoms with Crippen LogP contribution < -0.4 is 0 Å². The van der Waals surface area contributed by atoms with Gasteiger partial charge in [-0.2, -0.15) is 0 Å². The first-order chi connectivity index (χ1) is 28.3. The van der Waals surface area contributed by atoms with Crippen LogP contribution in [0.1, 0.15) is 174 Å². The average Bonchev–Trinajstić information content (AvgIpc) is 3.17. The van der Waals surface area contributed by atoms with Gasteiger partial charge in [0.15, 0.2) is 6.10 Å². The van der Waals surface area contributed by atoms with Crippen molar-refractivity contribution in [1.29, 1.82) is 0 Å². The van der Waals surface area contributed by atoms with Crippen LogP contribution in [0.25, 0.3) is 0 Å². The summed E-state index contributed by atoms with van der Waals surface area (Å²) in [5.74, 6) is -0.888. The fraction of sp³-hybridized carbons (Fsp3) is 0.750. The Labute approximate surface area is 360 Å². The number of hydrogen-bond donors (Lipinski definition) is 2. The summed E-state index contributed by atoms with van der Waals surface area (Å²) in [6.45, 7) is 3.88. The molecule has 0 amide bonds. The molecule has 3 atom stereocenters. The number of quaternary nitrogens is 1. The molecule has 342 valence electrons. The smallest absolute Gasteiger partial charge is 0.462 e. The molecule has 59 heavy (non-hydrogen) atoms. The molecule has 0 aromatic rings. The van der Waals surface area contributed by atoms with Crippen molar-refractivity contribution in [2.75, 3.05) is 47.5 Å². The van der Waals surface area contributed by atoms with Crippen LogP contribution in [0.3, 0.4) is 0 Å². The molecule has 0 saturated heterocycles. The maximum Gasteiger partial charge on any atom is 0.472 e. The fourth-order valence-electron chi connectivity index (χ4n) is 5.90. The van der Waals surface area contributed by atoms with E-state index in [9.17, 15) is 24.2 Å². The lowest BCUT2D eigenvalue weighted by Gasteiger charge is -2.24. The highest BCUT2D eigenvalue weighted by Gasteiger charge is 2.27. The second kappa shape index (κ2) is 39.8. The second-order valence-corrected chi connectivity index (χ2v) is 18.2. The van der Waals surface area contributed by atoms with E-state index >= 15 is 0 Å². The van der Waals surface area contributed by atoms with Crippen LogP contribution in [0.5, 0.6) is 0 Å². The molecule has 0 fully saturated rings. The van der Waals surface area contributed by atoms with Gasteiger partial charge in [-0.05, 0) is 90.4 Å². The van der Waals surface area contributed by atoms with Crippen LogP contribution in [0.15, 0.2) is 60.8 Å². The van der Waals surface area contributed by atoms with Crippen molar-refractivity contribution in [3.8, 4) is 0 Å². The van der Waals surface area contributed by atoms with Gasteiger partial charge in [-0.1, -0.05) is 132 Å². The van der Waals surface area contributed by atoms with Crippen LogP contribution in [-0.4, -0.2) is 86.1 Å². The number of unbranched alkanes of at least 4 members (excludes halogenated alkanes) is 15. The summed E-state index contributed by atoms with van der Waals surface area (Å²) < 4.78 is 34.2. The van der Waals surface area contributed by atoms with Gasteiger partial charge in [0.1, 0.15) is 19.8 Å². The maximum atomic E-state index is 12.7. The molecule has 0 bridgehead atoms. The van der Waals surface area contributed by atoms with E-state index in [4.69, 9.17) is 18.5 Å². The predicted octanol–water partition coefficient (Wildman–Crippen LogP) is 12.2. The zero-order valence-corrected chi connectivity index (χ0v) is 39.0. The third kappa shape index (κ3) is 45.0. The van der Waals surface area contributed by atoms with Gasteiger partial charge in [0, 0.05) is 12.8 Å². The fourth-order valence-corrected chi connectivity index (χ4v) is 6.64. The number of carbonyl (C=O) groups excluding carboxylic acids is 2. The Kier molecular flexibility index (Phi) is 38.2. The number of ether oxygens (including phenoxy) is 2. The summed E-state index contributed by atoms with van der Waals surface area (Å²) in [6.07, 6.45) is 45.5. The largest absolute Gasteiger partial charge is 0.472 e. The lowest BCUT2D eigenvalue weighted by molar-refractivity contribution is -0.870. The molecular formula is C48H87NO9P+. The number of aliphatic hydroxyl groups excluding tert-OH is 1. The van der Waals surface area contributed by atoms with Crippen LogP contribution >= 0.6 is 7.82 Å². The molecule has 0 aliphatic carbocycles. The Hall–Kier alpha value is -2.33. The molecule has 0 radical (unpaired) electrons. The van der Waals surface area contributed by atoms with Gasteiger partial charge < -0.3 is 24.0 Å². The number of likely N-dealkylation sites (N-methyl/N-ethyl adjacent to an activating group) is 1. The molecule has 0 aliphatic heterocycles. The molecule has 10 nitrogen and oxygen atoms in total. The standard InChI is InChI=1S/C48H86NO9P/c1-6-7-8-9-10-11-12-13-14-15-18-21-24-27-30-33-36-39-47(51)55-43-46(44-57-59(53,54)56-42-41-49(3,4)5)58-48(52)40-37-34-31-28-25-22-19-16-17-20-23-26-29-32-35-38-45(2)50/h13-14,17,19-20,22,26,28-29,31,45-46,50H,6-12,15-16,18,21,23-25,27,30,32-44H2,1-5H3/p+1/b14-13-,20-17-,22-19-,29-26-,31-28-/t45-,46+/m0/s1. The van der Waals surface area contributed by atoms with Gasteiger partial charge >= 0.3 is 19.8 Å². The van der Waals surface area contributed by atoms with Crippen molar-refractivity contribution < 1.29 is 47.2 Å². The average molecular weight is 853 g/mol. The maximum absolute atomic E-state index is 12.7. The SMILES string of the molecule is CCCCCCCC/C=C\CCCCCCCCCC(=O)OC[C@H](COP(=O)(O)OCC[N+](C)(C)C)OC(=O)CCC/C=C\C/C=C\C/C=C\C/C=C\CCC[C@H](C)O. The molecule has 0 aromatic heterocycles. The van der Waals surface area contributed by atoms with E-state index < -0.39 is 32.5 Å². The minimum atomic E-state index is -4.40. The summed E-state index contributed by atoms with van der Waals surface area (Å²) in [5.41, 5.74) is 0. The van der Waals surface area contributed by atoms with Gasteiger partial charge in [-0.3, -0.25) is 18.6 Å². The van der Waals surface area contributed by atoms with E-state index in [1.165, 1.54) is 64.2 Å². The number of phosphoric acid groups is 1. The quantitative estimate of drug-likeness (QED) is 0.0203. The number of esters is 2. The van der Waals surface area contributed by atoms with Crippen molar-refractivity contribution in [3.05, 3.63) is 60.8 Å². The molecule has 0 saturated carbocycles. The third-order valence-electron chi connectivity index (χ3n) is 9.54. The highest BCUT2D eigenvalue weighted by molar-refractivity contribution is 7.47. The molecule has 0 aliphatic rings. The first-order valence-electron chi connectivity index (χ1n) is 23.0. The lowest BCUT2D eigenvalue weighted by atomic mass is 10.1. The van der Waals surface area contributed by atoms with Gasteiger partial charge in [0.25, 0.3) is 0 Å². The van der Waals surface area contributed by atoms with Gasteiger partial charge in [-0.25, -0.2) is 4.57 Å². The zero-order chi connectivity index (χ0) is 43.7. The van der Waals surface area contributed by atoms with E-state index in [0.29, 0.717) is 23.9 Å². The highest BCUT2D eigenvalue weighted by Crippen LogP contribution is 2.43. The Morgan fingerprint density at radius 2 is 1.05 bits per heavy atom. The number of carbonyl (C=O) groups is 2. The summed E-state index contributed by atoms with van der Waals surface area (Å²) in [4.78, 5) is 35.4. The number of nitrogens with zero attached hydrogens (tertiary/aromatic N) is 1. The van der Waals surface area contributed by atoms with Crippen LogP contribution in [0, 0.1) is 0 Å². The molecule has 0 spiro atoms. The summed E-state index contributed by atoms with van der Waals surface area (Å²) >= 11 is 0. The van der Waals surface area contributed by atoms with Gasteiger partial charge in [-0.15, -0.1) is 0 Å². The number of hydrogen-bond acceptors (Lipinski definition) is 8. The number of phosphoric ester groups is 1. The Bertz CT molecular complexity index is 1210. The summed E-state index contributed by atoms with van der Waals surface area (Å²) in [6, 6.07) is 0. The van der Waals surface area contributed by atoms with Gasteiger partial charge in [0.2, 0.25) is 0 Å². The van der Waals surface area contributed by atoms with Crippen molar-refractivity contribution in [2.24, 2.45) is 0 Å². The van der Waals surface area contributed by atoms with Gasteiger partial charge in [0.05, 0.1) is 33.9 Å². The highest BCUT2D eigenvalue weighted by atomic mass is 31.2. The lowest BCUT2D eigenvalue weighted by Crippen LogP contribution is -2.37. The molecule has 0 heterocycles. The number of rotatable bonds is 41. The molecule has 2 N–H and O–H groups in total. The normalized spacial score (nSPS) is 14.6. The van der Waals surface area contributed by atoms with Crippen LogP contribution in [0.4, 0.5) is 0 Å². The van der Waals surface area contributed by atoms with E-state index in [1.807, 2.05) is 34.1 Å². The summed E-state index contributed by atoms with van der Waals surface area (Å²) in [7, 11) is 1.41. The Balaban J connectivity index is 4.44. The second-order valence-electron chi connectivity index (χ2n) is 16.7. The number of aliphatic hydroxyl groups is 1. The van der Waals surface area contributed by atoms with E-state index in [2.05, 4.69) is 61.6 Å². The molecule has 1 unspecified atom stereocenters. The minimum absolute atomic E-state index is 0.0128. The summed E-state index contributed by atoms with van der Waals surface area (Å²) in [5, 5.41) is 9.28. The van der Waals surface area contributed by atoms with E-state index in [-0.39, 0.29) is 32.2 Å². The van der Waals surface area contributed by atoms with Crippen molar-refractivity contribution in [2.45, 2.75) is 187 Å². The van der Waals surface area contributed by atoms with E-state index in [1.54, 1.807) is 0 Å². The van der Waals surface area contributed by atoms with Crippen molar-refractivity contribution in [1.82, 2.24) is 0 Å². The minimum Gasteiger partial charge on any atom is -0.462 e. The monoisotopic (exact) mass is 853 g/mol. The van der Waals surface area contributed by atoms with Crippen molar-refractivity contribution >= 4 is 19.8 Å². The van der Waals surface area contributed by atoms with Crippen molar-refractivity contribution in [3.63, 3.8) is 0 Å². The molecule has 11 heteroatoms. The third-order valence-corrected chi connectivity index (χ3v) is 10.5. The Morgan fingerprint density at radius 1 is 0.593 bits per heavy atom. The Morgan fingerprint density at radius 3 is 1.59 bits per heavy atom. The molecule has 0 rings (SSSR count). The van der Waals surface area contributed by atoms with Crippen LogP contribution in [0.2, 0.25) is 0 Å². The number of allylic oxidation sites excluding steroid dienone is 10.